The largest absolute Gasteiger partial charge is 0.465 e. The number of hydrogen-bond donors (Lipinski definition) is 0. The Labute approximate surface area is 98.6 Å². The molecule has 0 N–H and O–H groups in total. The maximum Gasteiger partial charge on any atom is 0.232 e. The summed E-state index contributed by atoms with van der Waals surface area (Å²) in [5.41, 5.74) is 1.19. The Kier molecular flexibility index (Phi) is 3.06. The highest BCUT2D eigenvalue weighted by atomic mass is 16.5. The van der Waals surface area contributed by atoms with Crippen molar-refractivity contribution in [3.8, 4) is 11.9 Å². The molecule has 5 heteroatoms. The fourth-order valence-electron chi connectivity index (χ4n) is 1.37. The third kappa shape index (κ3) is 2.42. The van der Waals surface area contributed by atoms with Gasteiger partial charge in [0.15, 0.2) is 11.9 Å². The molecular weight excluding hydrogens is 218 g/mol. The van der Waals surface area contributed by atoms with Crippen LogP contribution in [0.1, 0.15) is 30.0 Å². The Morgan fingerprint density at radius 1 is 1.53 bits per heavy atom. The van der Waals surface area contributed by atoms with Gasteiger partial charge < -0.3 is 9.26 Å². The maximum atomic E-state index is 8.90. The first-order chi connectivity index (χ1) is 8.20. The molecule has 0 bridgehead atoms. The SMILES string of the molecule is Cc1cc(C(C)Oc2ncccc2C#N)on1. The third-order valence-corrected chi connectivity index (χ3v) is 2.23. The summed E-state index contributed by atoms with van der Waals surface area (Å²) in [5, 5.41) is 12.7. The number of pyridine rings is 1. The van der Waals surface area contributed by atoms with E-state index in [2.05, 4.69) is 10.1 Å². The Bertz CT molecular complexity index is 557. The van der Waals surface area contributed by atoms with Gasteiger partial charge in [0, 0.05) is 12.3 Å². The van der Waals surface area contributed by atoms with Gasteiger partial charge in [-0.15, -0.1) is 0 Å². The van der Waals surface area contributed by atoms with E-state index in [-0.39, 0.29) is 6.10 Å². The van der Waals surface area contributed by atoms with Crippen molar-refractivity contribution >= 4 is 0 Å². The molecule has 0 fully saturated rings. The van der Waals surface area contributed by atoms with E-state index in [0.29, 0.717) is 17.2 Å². The first kappa shape index (κ1) is 11.1. The summed E-state index contributed by atoms with van der Waals surface area (Å²) < 4.78 is 10.7. The van der Waals surface area contributed by atoms with E-state index in [0.717, 1.165) is 5.69 Å². The second-order valence-electron chi connectivity index (χ2n) is 3.60. The van der Waals surface area contributed by atoms with Crippen molar-refractivity contribution in [2.75, 3.05) is 0 Å². The molecule has 17 heavy (non-hydrogen) atoms. The van der Waals surface area contributed by atoms with Crippen LogP contribution < -0.4 is 4.74 Å². The first-order valence-electron chi connectivity index (χ1n) is 5.15. The van der Waals surface area contributed by atoms with Crippen LogP contribution in [-0.4, -0.2) is 10.1 Å². The summed E-state index contributed by atoms with van der Waals surface area (Å²) >= 11 is 0. The van der Waals surface area contributed by atoms with E-state index in [4.69, 9.17) is 14.5 Å². The van der Waals surface area contributed by atoms with Crippen LogP contribution in [0.4, 0.5) is 0 Å². The third-order valence-electron chi connectivity index (χ3n) is 2.23. The van der Waals surface area contributed by atoms with Crippen LogP contribution in [0.25, 0.3) is 0 Å². The minimum Gasteiger partial charge on any atom is -0.465 e. The van der Waals surface area contributed by atoms with E-state index < -0.39 is 0 Å². The monoisotopic (exact) mass is 229 g/mol. The molecule has 2 rings (SSSR count). The zero-order valence-corrected chi connectivity index (χ0v) is 9.54. The molecule has 0 aromatic carbocycles. The van der Waals surface area contributed by atoms with E-state index in [9.17, 15) is 0 Å². The van der Waals surface area contributed by atoms with Gasteiger partial charge in [-0.3, -0.25) is 0 Å². The number of nitriles is 1. The predicted molar refractivity (Wildman–Crippen MR) is 59.2 cm³/mol. The second kappa shape index (κ2) is 4.66. The number of aromatic nitrogens is 2. The minimum atomic E-state index is -0.335. The zero-order chi connectivity index (χ0) is 12.3. The summed E-state index contributed by atoms with van der Waals surface area (Å²) in [7, 11) is 0. The Hall–Kier alpha value is -2.35. The van der Waals surface area contributed by atoms with Crippen LogP contribution >= 0.6 is 0 Å². The molecule has 2 aromatic rings. The first-order valence-corrected chi connectivity index (χ1v) is 5.15. The molecular formula is C12H11N3O2. The molecule has 2 aromatic heterocycles. The number of aryl methyl sites for hydroxylation is 1. The second-order valence-corrected chi connectivity index (χ2v) is 3.60. The fourth-order valence-corrected chi connectivity index (χ4v) is 1.37. The van der Waals surface area contributed by atoms with Crippen molar-refractivity contribution in [2.24, 2.45) is 0 Å². The summed E-state index contributed by atoms with van der Waals surface area (Å²) in [6, 6.07) is 7.16. The fraction of sp³-hybridized carbons (Fsp3) is 0.250. The molecule has 5 nitrogen and oxygen atoms in total. The molecule has 2 heterocycles. The van der Waals surface area contributed by atoms with Gasteiger partial charge in [0.25, 0.3) is 0 Å². The normalized spacial score (nSPS) is 11.8. The van der Waals surface area contributed by atoms with Crippen molar-refractivity contribution in [1.82, 2.24) is 10.1 Å². The minimum absolute atomic E-state index is 0.302. The highest BCUT2D eigenvalue weighted by Crippen LogP contribution is 2.22. The summed E-state index contributed by atoms with van der Waals surface area (Å²) in [4.78, 5) is 4.02. The van der Waals surface area contributed by atoms with Crippen LogP contribution in [0.3, 0.4) is 0 Å². The van der Waals surface area contributed by atoms with Gasteiger partial charge in [-0.2, -0.15) is 5.26 Å². The Morgan fingerprint density at radius 2 is 2.35 bits per heavy atom. The van der Waals surface area contributed by atoms with Gasteiger partial charge in [0.2, 0.25) is 5.88 Å². The molecule has 0 aliphatic heterocycles. The highest BCUT2D eigenvalue weighted by molar-refractivity contribution is 5.37. The van der Waals surface area contributed by atoms with Crippen molar-refractivity contribution in [3.05, 3.63) is 41.4 Å². The molecule has 0 spiro atoms. The van der Waals surface area contributed by atoms with Crippen LogP contribution in [0, 0.1) is 18.3 Å². The van der Waals surface area contributed by atoms with Crippen LogP contribution in [-0.2, 0) is 0 Å². The lowest BCUT2D eigenvalue weighted by Gasteiger charge is -2.11. The van der Waals surface area contributed by atoms with Gasteiger partial charge in [-0.25, -0.2) is 4.98 Å². The average molecular weight is 229 g/mol. The lowest BCUT2D eigenvalue weighted by molar-refractivity contribution is 0.174. The van der Waals surface area contributed by atoms with Gasteiger partial charge in [0.05, 0.1) is 5.69 Å². The Balaban J connectivity index is 2.19. The van der Waals surface area contributed by atoms with Gasteiger partial charge >= 0.3 is 0 Å². The smallest absolute Gasteiger partial charge is 0.232 e. The molecule has 0 aliphatic rings. The van der Waals surface area contributed by atoms with E-state index in [1.54, 1.807) is 24.4 Å². The summed E-state index contributed by atoms with van der Waals surface area (Å²) in [6.07, 6.45) is 1.24. The number of ether oxygens (including phenoxy) is 1. The van der Waals surface area contributed by atoms with Crippen LogP contribution in [0.15, 0.2) is 28.9 Å². The molecule has 0 saturated carbocycles. The van der Waals surface area contributed by atoms with Crippen molar-refractivity contribution < 1.29 is 9.26 Å². The van der Waals surface area contributed by atoms with E-state index >= 15 is 0 Å². The van der Waals surface area contributed by atoms with Gasteiger partial charge in [-0.05, 0) is 26.0 Å². The quantitative estimate of drug-likeness (QED) is 0.808. The Morgan fingerprint density at radius 3 is 3.00 bits per heavy atom. The maximum absolute atomic E-state index is 8.90. The number of hydrogen-bond acceptors (Lipinski definition) is 5. The predicted octanol–water partition coefficient (Wildman–Crippen LogP) is 2.39. The summed E-state index contributed by atoms with van der Waals surface area (Å²) in [5.74, 6) is 0.911. The molecule has 0 amide bonds. The molecule has 0 radical (unpaired) electrons. The van der Waals surface area contributed by atoms with Gasteiger partial charge in [-0.1, -0.05) is 5.16 Å². The zero-order valence-electron chi connectivity index (χ0n) is 9.54. The molecule has 1 unspecified atom stereocenters. The molecule has 0 aliphatic carbocycles. The van der Waals surface area contributed by atoms with E-state index in [1.165, 1.54) is 0 Å². The highest BCUT2D eigenvalue weighted by Gasteiger charge is 2.15. The van der Waals surface area contributed by atoms with Crippen molar-refractivity contribution in [1.29, 1.82) is 5.26 Å². The number of nitrogens with zero attached hydrogens (tertiary/aromatic N) is 3. The van der Waals surface area contributed by atoms with Gasteiger partial charge in [0.1, 0.15) is 11.6 Å². The topological polar surface area (TPSA) is 71.9 Å². The van der Waals surface area contributed by atoms with Crippen LogP contribution in [0.2, 0.25) is 0 Å². The lowest BCUT2D eigenvalue weighted by atomic mass is 10.2. The van der Waals surface area contributed by atoms with Crippen molar-refractivity contribution in [3.63, 3.8) is 0 Å². The average Bonchev–Trinajstić information content (AvgIpc) is 2.77. The number of rotatable bonds is 3. The summed E-state index contributed by atoms with van der Waals surface area (Å²) in [6.45, 7) is 3.65. The molecule has 0 saturated heterocycles. The molecule has 1 atom stereocenters. The standard InChI is InChI=1S/C12H11N3O2/c1-8-6-11(17-15-8)9(2)16-12-10(7-13)4-3-5-14-12/h3-6,9H,1-2H3. The van der Waals surface area contributed by atoms with Crippen molar-refractivity contribution in [2.45, 2.75) is 20.0 Å². The molecule has 86 valence electrons. The van der Waals surface area contributed by atoms with E-state index in [1.807, 2.05) is 19.9 Å². The lowest BCUT2D eigenvalue weighted by Crippen LogP contribution is -2.04. The van der Waals surface area contributed by atoms with Crippen LogP contribution in [0.5, 0.6) is 5.88 Å².